The van der Waals surface area contributed by atoms with Crippen molar-refractivity contribution >= 4 is 39.4 Å². The quantitative estimate of drug-likeness (QED) is 0.637. The number of nitrogens with one attached hydrogen (secondary N) is 1. The molecule has 114 valence electrons. The zero-order chi connectivity index (χ0) is 15.9. The maximum atomic E-state index is 11.7. The van der Waals surface area contributed by atoms with Gasteiger partial charge in [-0.05, 0) is 23.8 Å². The molecule has 1 amide bonds. The highest BCUT2D eigenvalue weighted by atomic mass is 79.9. The molecule has 0 aliphatic carbocycles. The molecule has 0 saturated heterocycles. The summed E-state index contributed by atoms with van der Waals surface area (Å²) >= 11 is 9.07. The van der Waals surface area contributed by atoms with E-state index in [1.165, 1.54) is 18.3 Å². The molecule has 0 saturated carbocycles. The van der Waals surface area contributed by atoms with E-state index in [9.17, 15) is 9.59 Å². The number of aromatic nitrogens is 1. The zero-order valence-corrected chi connectivity index (χ0v) is 13.7. The molecule has 0 atom stereocenters. The van der Waals surface area contributed by atoms with E-state index in [4.69, 9.17) is 16.3 Å². The third-order valence-corrected chi connectivity index (χ3v) is 3.71. The Morgan fingerprint density at radius 1 is 1.27 bits per heavy atom. The molecule has 1 N–H and O–H groups in total. The van der Waals surface area contributed by atoms with Crippen LogP contribution in [0, 0.1) is 0 Å². The summed E-state index contributed by atoms with van der Waals surface area (Å²) in [6.07, 6.45) is 1.39. The second-order valence-electron chi connectivity index (χ2n) is 4.31. The van der Waals surface area contributed by atoms with Crippen molar-refractivity contribution in [3.05, 3.63) is 63.3 Å². The van der Waals surface area contributed by atoms with Gasteiger partial charge < -0.3 is 10.1 Å². The van der Waals surface area contributed by atoms with E-state index >= 15 is 0 Å². The van der Waals surface area contributed by atoms with Crippen LogP contribution in [0.1, 0.15) is 15.9 Å². The van der Waals surface area contributed by atoms with Crippen LogP contribution in [0.5, 0.6) is 0 Å². The van der Waals surface area contributed by atoms with Gasteiger partial charge in [-0.2, -0.15) is 0 Å². The third kappa shape index (κ3) is 4.82. The summed E-state index contributed by atoms with van der Waals surface area (Å²) in [6.45, 7) is -0.0118. The molecule has 1 aromatic heterocycles. The van der Waals surface area contributed by atoms with Crippen molar-refractivity contribution in [1.82, 2.24) is 10.3 Å². The second-order valence-corrected chi connectivity index (χ2v) is 5.55. The molecule has 7 heteroatoms. The first-order valence-electron chi connectivity index (χ1n) is 6.35. The van der Waals surface area contributed by atoms with Crippen LogP contribution in [0.25, 0.3) is 0 Å². The third-order valence-electron chi connectivity index (χ3n) is 2.73. The van der Waals surface area contributed by atoms with Gasteiger partial charge >= 0.3 is 5.97 Å². The van der Waals surface area contributed by atoms with E-state index < -0.39 is 5.97 Å². The van der Waals surface area contributed by atoms with Crippen LogP contribution in [0.2, 0.25) is 5.15 Å². The number of nitrogens with zero attached hydrogens (tertiary/aromatic N) is 1. The number of pyridine rings is 1. The second kappa shape index (κ2) is 7.91. The summed E-state index contributed by atoms with van der Waals surface area (Å²) in [4.78, 5) is 27.2. The lowest BCUT2D eigenvalue weighted by Gasteiger charge is -2.08. The molecule has 0 unspecified atom stereocenters. The topological polar surface area (TPSA) is 68.3 Å². The molecule has 1 heterocycles. The number of carbonyl (C=O) groups is 2. The van der Waals surface area contributed by atoms with Gasteiger partial charge in [0.2, 0.25) is 0 Å². The Morgan fingerprint density at radius 3 is 2.77 bits per heavy atom. The summed E-state index contributed by atoms with van der Waals surface area (Å²) in [5, 5.41) is 2.86. The predicted molar refractivity (Wildman–Crippen MR) is 85.5 cm³/mol. The van der Waals surface area contributed by atoms with Crippen molar-refractivity contribution in [1.29, 1.82) is 0 Å². The number of benzene rings is 1. The van der Waals surface area contributed by atoms with Gasteiger partial charge in [0.25, 0.3) is 5.91 Å². The van der Waals surface area contributed by atoms with Gasteiger partial charge in [0, 0.05) is 17.2 Å². The highest BCUT2D eigenvalue weighted by Crippen LogP contribution is 2.15. The number of ether oxygens (including phenoxy) is 1. The summed E-state index contributed by atoms with van der Waals surface area (Å²) in [7, 11) is 0. The summed E-state index contributed by atoms with van der Waals surface area (Å²) in [5.74, 6) is -1.01. The number of hydrogen-bond acceptors (Lipinski definition) is 4. The van der Waals surface area contributed by atoms with Gasteiger partial charge in [0.1, 0.15) is 5.15 Å². The van der Waals surface area contributed by atoms with Crippen LogP contribution in [0.3, 0.4) is 0 Å². The fourth-order valence-corrected chi connectivity index (χ4v) is 2.23. The van der Waals surface area contributed by atoms with E-state index in [2.05, 4.69) is 26.2 Å². The standard InChI is InChI=1S/C15H12BrClN2O3/c16-12-4-2-1-3-11(12)8-19-14(20)9-22-15(21)10-5-6-18-13(17)7-10/h1-7H,8-9H2,(H,19,20). The first-order chi connectivity index (χ1) is 10.6. The van der Waals surface area contributed by atoms with Crippen molar-refractivity contribution < 1.29 is 14.3 Å². The van der Waals surface area contributed by atoms with Crippen LogP contribution in [-0.4, -0.2) is 23.5 Å². The molecular weight excluding hydrogens is 372 g/mol. The monoisotopic (exact) mass is 382 g/mol. The molecule has 1 aromatic carbocycles. The largest absolute Gasteiger partial charge is 0.452 e. The van der Waals surface area contributed by atoms with Crippen LogP contribution in [0.15, 0.2) is 47.1 Å². The van der Waals surface area contributed by atoms with E-state index in [1.54, 1.807) is 0 Å². The molecule has 0 fully saturated rings. The highest BCUT2D eigenvalue weighted by Gasteiger charge is 2.11. The summed E-state index contributed by atoms with van der Waals surface area (Å²) in [6, 6.07) is 10.4. The number of carbonyl (C=O) groups excluding carboxylic acids is 2. The molecule has 2 aromatic rings. The van der Waals surface area contributed by atoms with Gasteiger partial charge in [0.05, 0.1) is 5.56 Å². The number of amides is 1. The fourth-order valence-electron chi connectivity index (χ4n) is 1.63. The number of esters is 1. The smallest absolute Gasteiger partial charge is 0.338 e. The van der Waals surface area contributed by atoms with E-state index in [0.29, 0.717) is 6.54 Å². The minimum atomic E-state index is -0.625. The lowest BCUT2D eigenvalue weighted by molar-refractivity contribution is -0.124. The maximum absolute atomic E-state index is 11.7. The molecule has 0 radical (unpaired) electrons. The Bertz CT molecular complexity index is 694. The number of halogens is 2. The van der Waals surface area contributed by atoms with Crippen LogP contribution in [-0.2, 0) is 16.1 Å². The van der Waals surface area contributed by atoms with Crippen molar-refractivity contribution in [2.24, 2.45) is 0 Å². The Hall–Kier alpha value is -1.92. The Morgan fingerprint density at radius 2 is 2.05 bits per heavy atom. The molecule has 0 spiro atoms. The zero-order valence-electron chi connectivity index (χ0n) is 11.4. The molecule has 5 nitrogen and oxygen atoms in total. The van der Waals surface area contributed by atoms with Gasteiger partial charge in [0.15, 0.2) is 6.61 Å². The van der Waals surface area contributed by atoms with Gasteiger partial charge in [-0.25, -0.2) is 9.78 Å². The SMILES string of the molecule is O=C(COC(=O)c1ccnc(Cl)c1)NCc1ccccc1Br. The molecular formula is C15H12BrClN2O3. The molecule has 0 aliphatic rings. The number of rotatable bonds is 5. The van der Waals surface area contributed by atoms with E-state index in [1.807, 2.05) is 24.3 Å². The molecule has 0 bridgehead atoms. The van der Waals surface area contributed by atoms with Gasteiger partial charge in [-0.3, -0.25) is 4.79 Å². The molecule has 22 heavy (non-hydrogen) atoms. The Labute approximate surface area is 140 Å². The Balaban J connectivity index is 1.81. The van der Waals surface area contributed by atoms with Crippen LogP contribution in [0.4, 0.5) is 0 Å². The summed E-state index contributed by atoms with van der Waals surface area (Å²) in [5.41, 5.74) is 1.18. The van der Waals surface area contributed by atoms with Crippen molar-refractivity contribution in [3.8, 4) is 0 Å². The minimum absolute atomic E-state index is 0.188. The molecule has 0 aliphatic heterocycles. The fraction of sp³-hybridized carbons (Fsp3) is 0.133. The lowest BCUT2D eigenvalue weighted by Crippen LogP contribution is -2.28. The van der Waals surface area contributed by atoms with Crippen molar-refractivity contribution in [2.45, 2.75) is 6.54 Å². The normalized spacial score (nSPS) is 10.1. The first-order valence-corrected chi connectivity index (χ1v) is 7.52. The lowest BCUT2D eigenvalue weighted by atomic mass is 10.2. The highest BCUT2D eigenvalue weighted by molar-refractivity contribution is 9.10. The summed E-state index contributed by atoms with van der Waals surface area (Å²) < 4.78 is 5.82. The van der Waals surface area contributed by atoms with Gasteiger partial charge in [-0.15, -0.1) is 0 Å². The van der Waals surface area contributed by atoms with Crippen molar-refractivity contribution in [2.75, 3.05) is 6.61 Å². The van der Waals surface area contributed by atoms with Gasteiger partial charge in [-0.1, -0.05) is 45.7 Å². The average molecular weight is 384 g/mol. The maximum Gasteiger partial charge on any atom is 0.338 e. The average Bonchev–Trinajstić information content (AvgIpc) is 2.52. The van der Waals surface area contributed by atoms with E-state index in [-0.39, 0.29) is 23.2 Å². The van der Waals surface area contributed by atoms with Crippen LogP contribution < -0.4 is 5.32 Å². The first kappa shape index (κ1) is 16.5. The number of hydrogen-bond donors (Lipinski definition) is 1. The van der Waals surface area contributed by atoms with Crippen molar-refractivity contribution in [3.63, 3.8) is 0 Å². The Kier molecular flexibility index (Phi) is 5.91. The predicted octanol–water partition coefficient (Wildman–Crippen LogP) is 2.97. The molecule has 2 rings (SSSR count). The minimum Gasteiger partial charge on any atom is -0.452 e. The van der Waals surface area contributed by atoms with Crippen LogP contribution >= 0.6 is 27.5 Å². The van der Waals surface area contributed by atoms with E-state index in [0.717, 1.165) is 10.0 Å².